The molecule has 0 unspecified atom stereocenters. The number of rotatable bonds is 4. The van der Waals surface area contributed by atoms with Gasteiger partial charge in [0, 0.05) is 11.6 Å². The van der Waals surface area contributed by atoms with Crippen LogP contribution in [0, 0.1) is 11.6 Å². The highest BCUT2D eigenvalue weighted by molar-refractivity contribution is 7.86. The molecule has 1 aliphatic heterocycles. The lowest BCUT2D eigenvalue weighted by Gasteiger charge is -2.20. The van der Waals surface area contributed by atoms with E-state index in [4.69, 9.17) is 8.92 Å². The van der Waals surface area contributed by atoms with Gasteiger partial charge in [-0.05, 0) is 13.0 Å². The van der Waals surface area contributed by atoms with E-state index in [1.807, 2.05) is 0 Å². The predicted octanol–water partition coefficient (Wildman–Crippen LogP) is 1.56. The Kier molecular flexibility index (Phi) is 3.16. The molecule has 1 aromatic carbocycles. The first-order valence-corrected chi connectivity index (χ1v) is 7.04. The van der Waals surface area contributed by atoms with E-state index in [-0.39, 0.29) is 12.2 Å². The van der Waals surface area contributed by atoms with Crippen molar-refractivity contribution in [3.05, 3.63) is 35.4 Å². The fraction of sp³-hybridized carbons (Fsp3) is 0.455. The third-order valence-electron chi connectivity index (χ3n) is 2.82. The monoisotopic (exact) mass is 278 g/mol. The molecule has 0 radical (unpaired) electrons. The van der Waals surface area contributed by atoms with Crippen LogP contribution in [0.3, 0.4) is 0 Å². The normalized spacial score (nSPS) is 24.9. The van der Waals surface area contributed by atoms with Gasteiger partial charge in [0.1, 0.15) is 23.3 Å². The van der Waals surface area contributed by atoms with E-state index in [2.05, 4.69) is 0 Å². The Hall–Kier alpha value is -1.05. The molecule has 0 N–H and O–H groups in total. The minimum atomic E-state index is -3.67. The minimum Gasteiger partial charge on any atom is -0.361 e. The Morgan fingerprint density at radius 3 is 2.50 bits per heavy atom. The number of epoxide rings is 1. The summed E-state index contributed by atoms with van der Waals surface area (Å²) in [6, 6.07) is 3.06. The van der Waals surface area contributed by atoms with Crippen LogP contribution in [0.1, 0.15) is 12.5 Å². The van der Waals surface area contributed by atoms with E-state index in [9.17, 15) is 17.2 Å². The van der Waals surface area contributed by atoms with Crippen LogP contribution in [0.25, 0.3) is 0 Å². The van der Waals surface area contributed by atoms with Crippen LogP contribution in [-0.4, -0.2) is 27.4 Å². The summed E-state index contributed by atoms with van der Waals surface area (Å²) in [6.07, 6.45) is 0.0214. The fourth-order valence-corrected chi connectivity index (χ4v) is 2.54. The van der Waals surface area contributed by atoms with E-state index in [0.29, 0.717) is 0 Å². The molecule has 0 aliphatic carbocycles. The number of ether oxygens (including phenoxy) is 1. The standard InChI is InChI=1S/C11H12F2O4S/c1-7(17-18(2,14)15)11(6-16-11)9-4-3-8(12)5-10(9)13/h3-5,7H,6H2,1-2H3/t7-,11-/m1/s1. The van der Waals surface area contributed by atoms with Crippen molar-refractivity contribution in [2.75, 3.05) is 12.9 Å². The van der Waals surface area contributed by atoms with E-state index in [0.717, 1.165) is 18.4 Å². The summed E-state index contributed by atoms with van der Waals surface area (Å²) in [5.74, 6) is -1.49. The molecule has 0 aromatic heterocycles. The second kappa shape index (κ2) is 4.25. The minimum absolute atomic E-state index is 0.0973. The van der Waals surface area contributed by atoms with Crippen LogP contribution in [0.2, 0.25) is 0 Å². The summed E-state index contributed by atoms with van der Waals surface area (Å²) in [4.78, 5) is 0. The van der Waals surface area contributed by atoms with Gasteiger partial charge in [0.15, 0.2) is 0 Å². The van der Waals surface area contributed by atoms with Gasteiger partial charge in [-0.1, -0.05) is 6.07 Å². The van der Waals surface area contributed by atoms with E-state index in [1.165, 1.54) is 13.0 Å². The molecule has 2 atom stereocenters. The zero-order valence-corrected chi connectivity index (χ0v) is 10.6. The van der Waals surface area contributed by atoms with Gasteiger partial charge in [-0.3, -0.25) is 4.18 Å². The van der Waals surface area contributed by atoms with Crippen molar-refractivity contribution in [1.29, 1.82) is 0 Å². The summed E-state index contributed by atoms with van der Waals surface area (Å²) in [7, 11) is -3.67. The molecule has 7 heteroatoms. The second-order valence-corrected chi connectivity index (χ2v) is 5.85. The fourth-order valence-electron chi connectivity index (χ4n) is 1.86. The predicted molar refractivity (Wildman–Crippen MR) is 59.4 cm³/mol. The van der Waals surface area contributed by atoms with Crippen molar-refractivity contribution < 1.29 is 26.1 Å². The molecular formula is C11H12F2O4S. The summed E-state index contributed by atoms with van der Waals surface area (Å²) < 4.78 is 58.5. The highest BCUT2D eigenvalue weighted by atomic mass is 32.2. The summed E-state index contributed by atoms with van der Waals surface area (Å²) in [6.45, 7) is 1.60. The topological polar surface area (TPSA) is 55.9 Å². The number of hydrogen-bond donors (Lipinski definition) is 0. The van der Waals surface area contributed by atoms with Crippen molar-refractivity contribution in [3.8, 4) is 0 Å². The van der Waals surface area contributed by atoms with Crippen LogP contribution in [0.4, 0.5) is 8.78 Å². The SMILES string of the molecule is C[C@@H](OS(C)(=O)=O)[C@@]1(c2ccc(F)cc2F)CO1. The van der Waals surface area contributed by atoms with Crippen molar-refractivity contribution in [2.45, 2.75) is 18.6 Å². The Balaban J connectivity index is 2.31. The van der Waals surface area contributed by atoms with Gasteiger partial charge < -0.3 is 4.74 Å². The molecule has 1 heterocycles. The molecule has 4 nitrogen and oxygen atoms in total. The molecule has 0 amide bonds. The number of halogens is 2. The van der Waals surface area contributed by atoms with Crippen LogP contribution < -0.4 is 0 Å². The first kappa shape index (κ1) is 13.4. The van der Waals surface area contributed by atoms with E-state index < -0.39 is 33.5 Å². The highest BCUT2D eigenvalue weighted by Gasteiger charge is 2.54. The highest BCUT2D eigenvalue weighted by Crippen LogP contribution is 2.44. The molecular weight excluding hydrogens is 266 g/mol. The molecule has 2 rings (SSSR count). The largest absolute Gasteiger partial charge is 0.361 e. The van der Waals surface area contributed by atoms with Crippen LogP contribution >= 0.6 is 0 Å². The third-order valence-corrected chi connectivity index (χ3v) is 3.46. The van der Waals surface area contributed by atoms with Gasteiger partial charge in [-0.25, -0.2) is 8.78 Å². The van der Waals surface area contributed by atoms with Gasteiger partial charge in [-0.15, -0.1) is 0 Å². The molecule has 1 saturated heterocycles. The van der Waals surface area contributed by atoms with Crippen molar-refractivity contribution >= 4 is 10.1 Å². The average molecular weight is 278 g/mol. The maximum atomic E-state index is 13.7. The Morgan fingerprint density at radius 2 is 2.06 bits per heavy atom. The molecule has 1 aliphatic rings. The third kappa shape index (κ3) is 2.52. The van der Waals surface area contributed by atoms with Crippen molar-refractivity contribution in [2.24, 2.45) is 0 Å². The molecule has 0 saturated carbocycles. The van der Waals surface area contributed by atoms with Crippen molar-refractivity contribution in [1.82, 2.24) is 0 Å². The molecule has 0 bridgehead atoms. The van der Waals surface area contributed by atoms with Crippen molar-refractivity contribution in [3.63, 3.8) is 0 Å². The molecule has 0 spiro atoms. The lowest BCUT2D eigenvalue weighted by molar-refractivity contribution is 0.114. The number of benzene rings is 1. The lowest BCUT2D eigenvalue weighted by Crippen LogP contribution is -2.30. The molecule has 1 aromatic rings. The zero-order chi connectivity index (χ0) is 13.6. The first-order valence-electron chi connectivity index (χ1n) is 5.22. The van der Waals surface area contributed by atoms with Gasteiger partial charge >= 0.3 is 0 Å². The summed E-state index contributed by atoms with van der Waals surface area (Å²) in [5.41, 5.74) is -1.05. The molecule has 18 heavy (non-hydrogen) atoms. The van der Waals surface area contributed by atoms with Gasteiger partial charge in [0.05, 0.1) is 12.9 Å². The second-order valence-electron chi connectivity index (χ2n) is 4.24. The Labute approximate surface area is 104 Å². The molecule has 100 valence electrons. The summed E-state index contributed by atoms with van der Waals surface area (Å²) >= 11 is 0. The molecule has 1 fully saturated rings. The maximum absolute atomic E-state index is 13.7. The van der Waals surface area contributed by atoms with Crippen LogP contribution in [0.15, 0.2) is 18.2 Å². The summed E-state index contributed by atoms with van der Waals surface area (Å²) in [5, 5.41) is 0. The Bertz CT molecular complexity index is 566. The first-order chi connectivity index (χ1) is 8.24. The van der Waals surface area contributed by atoms with Gasteiger partial charge in [0.25, 0.3) is 10.1 Å². The smallest absolute Gasteiger partial charge is 0.264 e. The number of hydrogen-bond acceptors (Lipinski definition) is 4. The quantitative estimate of drug-likeness (QED) is 0.619. The van der Waals surface area contributed by atoms with Crippen LogP contribution in [0.5, 0.6) is 0 Å². The lowest BCUT2D eigenvalue weighted by atomic mass is 9.94. The van der Waals surface area contributed by atoms with E-state index >= 15 is 0 Å². The van der Waals surface area contributed by atoms with E-state index in [1.54, 1.807) is 0 Å². The maximum Gasteiger partial charge on any atom is 0.264 e. The van der Waals surface area contributed by atoms with Gasteiger partial charge in [-0.2, -0.15) is 8.42 Å². The zero-order valence-electron chi connectivity index (χ0n) is 9.81. The average Bonchev–Trinajstić information content (AvgIpc) is 2.95. The van der Waals surface area contributed by atoms with Gasteiger partial charge in [0.2, 0.25) is 0 Å². The van der Waals surface area contributed by atoms with Crippen LogP contribution in [-0.2, 0) is 24.6 Å². The Morgan fingerprint density at radius 1 is 1.44 bits per heavy atom.